The highest BCUT2D eigenvalue weighted by Gasteiger charge is 2.34. The standard InChI is InChI=1S/C22H22ClN5O4/c1-27-19-16(26-20(29)14-6-4-5-7-15(14)23)8-9-28(17(19)12-25-27)22(30)13-10-18(31-2)21(32-3)24-11-13/h4-7,10-12,16H,8-9H2,1-3H3,(H,26,29). The van der Waals surface area contributed by atoms with Crippen LogP contribution in [0.15, 0.2) is 42.7 Å². The van der Waals surface area contributed by atoms with E-state index in [1.165, 1.54) is 20.4 Å². The van der Waals surface area contributed by atoms with Gasteiger partial charge in [-0.1, -0.05) is 23.7 Å². The smallest absolute Gasteiger partial charge is 0.260 e. The number of nitrogens with zero attached hydrogens (tertiary/aromatic N) is 4. The van der Waals surface area contributed by atoms with Crippen LogP contribution in [0.5, 0.6) is 11.6 Å². The molecular weight excluding hydrogens is 434 g/mol. The number of hydrogen-bond acceptors (Lipinski definition) is 6. The number of methoxy groups -OCH3 is 2. The van der Waals surface area contributed by atoms with Crippen molar-refractivity contribution in [2.24, 2.45) is 7.05 Å². The van der Waals surface area contributed by atoms with E-state index >= 15 is 0 Å². The second-order valence-electron chi connectivity index (χ2n) is 7.23. The SMILES string of the molecule is COc1cc(C(=O)N2CCC(NC(=O)c3ccccc3Cl)c3c2cnn3C)cnc1OC. The first-order chi connectivity index (χ1) is 15.4. The number of fused-ring (bicyclic) bond motifs is 1. The Bertz CT molecular complexity index is 1180. The van der Waals surface area contributed by atoms with Gasteiger partial charge < -0.3 is 19.7 Å². The predicted octanol–water partition coefficient (Wildman–Crippen LogP) is 3.01. The Morgan fingerprint density at radius 3 is 2.69 bits per heavy atom. The lowest BCUT2D eigenvalue weighted by Gasteiger charge is -2.32. The van der Waals surface area contributed by atoms with Crippen molar-refractivity contribution < 1.29 is 19.1 Å². The third-order valence-corrected chi connectivity index (χ3v) is 5.70. The number of rotatable bonds is 5. The molecule has 2 aromatic heterocycles. The number of nitrogens with one attached hydrogen (secondary N) is 1. The van der Waals surface area contributed by atoms with Gasteiger partial charge in [0.2, 0.25) is 0 Å². The monoisotopic (exact) mass is 455 g/mol. The summed E-state index contributed by atoms with van der Waals surface area (Å²) in [5.41, 5.74) is 2.12. The van der Waals surface area contributed by atoms with Crippen molar-refractivity contribution in [1.29, 1.82) is 0 Å². The van der Waals surface area contributed by atoms with E-state index in [1.54, 1.807) is 53.2 Å². The average molecular weight is 456 g/mol. The topological polar surface area (TPSA) is 98.6 Å². The molecule has 1 aromatic carbocycles. The summed E-state index contributed by atoms with van der Waals surface area (Å²) in [5, 5.41) is 7.72. The zero-order chi connectivity index (χ0) is 22.8. The number of carbonyl (C=O) groups is 2. The summed E-state index contributed by atoms with van der Waals surface area (Å²) in [4.78, 5) is 31.9. The molecule has 1 N–H and O–H groups in total. The molecule has 3 heterocycles. The van der Waals surface area contributed by atoms with Crippen LogP contribution in [0.3, 0.4) is 0 Å². The molecule has 1 aliphatic heterocycles. The number of halogens is 1. The molecule has 1 aliphatic rings. The number of aryl methyl sites for hydroxylation is 1. The van der Waals surface area contributed by atoms with Crippen LogP contribution in [0.1, 0.15) is 38.9 Å². The maximum Gasteiger partial charge on any atom is 0.260 e. The van der Waals surface area contributed by atoms with Crippen molar-refractivity contribution in [3.63, 3.8) is 0 Å². The second-order valence-corrected chi connectivity index (χ2v) is 7.63. The van der Waals surface area contributed by atoms with Gasteiger partial charge in [-0.15, -0.1) is 0 Å². The summed E-state index contributed by atoms with van der Waals surface area (Å²) < 4.78 is 12.1. The maximum atomic E-state index is 13.3. The number of amides is 2. The first kappa shape index (κ1) is 21.6. The molecule has 0 spiro atoms. The van der Waals surface area contributed by atoms with Crippen LogP contribution in [0.4, 0.5) is 5.69 Å². The molecule has 32 heavy (non-hydrogen) atoms. The van der Waals surface area contributed by atoms with Crippen LogP contribution in [-0.2, 0) is 7.05 Å². The second kappa shape index (κ2) is 8.88. The van der Waals surface area contributed by atoms with Crippen LogP contribution in [0, 0.1) is 0 Å². The van der Waals surface area contributed by atoms with E-state index < -0.39 is 0 Å². The third kappa shape index (κ3) is 3.87. The highest BCUT2D eigenvalue weighted by atomic mass is 35.5. The molecule has 0 fully saturated rings. The molecule has 0 aliphatic carbocycles. The Morgan fingerprint density at radius 2 is 1.97 bits per heavy atom. The molecule has 0 saturated carbocycles. The van der Waals surface area contributed by atoms with Crippen molar-refractivity contribution in [1.82, 2.24) is 20.1 Å². The quantitative estimate of drug-likeness (QED) is 0.635. The highest BCUT2D eigenvalue weighted by Crippen LogP contribution is 2.35. The van der Waals surface area contributed by atoms with E-state index in [2.05, 4.69) is 15.4 Å². The zero-order valence-corrected chi connectivity index (χ0v) is 18.6. The minimum atomic E-state index is -0.325. The van der Waals surface area contributed by atoms with Gasteiger partial charge in [0, 0.05) is 25.9 Å². The van der Waals surface area contributed by atoms with Crippen molar-refractivity contribution in [2.45, 2.75) is 12.5 Å². The van der Waals surface area contributed by atoms with Gasteiger partial charge in [0.25, 0.3) is 17.7 Å². The lowest BCUT2D eigenvalue weighted by molar-refractivity contribution is 0.0931. The van der Waals surface area contributed by atoms with Gasteiger partial charge in [0.15, 0.2) is 5.75 Å². The fourth-order valence-corrected chi connectivity index (χ4v) is 4.02. The molecule has 0 saturated heterocycles. The molecule has 0 radical (unpaired) electrons. The Kier molecular flexibility index (Phi) is 6.00. The van der Waals surface area contributed by atoms with Gasteiger partial charge in [-0.3, -0.25) is 14.3 Å². The van der Waals surface area contributed by atoms with Gasteiger partial charge >= 0.3 is 0 Å². The van der Waals surface area contributed by atoms with Crippen LogP contribution in [0.2, 0.25) is 5.02 Å². The van der Waals surface area contributed by atoms with Crippen LogP contribution in [0.25, 0.3) is 0 Å². The summed E-state index contributed by atoms with van der Waals surface area (Å²) in [6, 6.07) is 8.14. The van der Waals surface area contributed by atoms with Gasteiger partial charge in [-0.05, 0) is 18.6 Å². The van der Waals surface area contributed by atoms with Gasteiger partial charge in [0.05, 0.1) is 54.0 Å². The van der Waals surface area contributed by atoms with Crippen molar-refractivity contribution in [3.05, 3.63) is 64.6 Å². The largest absolute Gasteiger partial charge is 0.491 e. The lowest BCUT2D eigenvalue weighted by Crippen LogP contribution is -2.41. The average Bonchev–Trinajstić information content (AvgIpc) is 3.20. The first-order valence-corrected chi connectivity index (χ1v) is 10.3. The van der Waals surface area contributed by atoms with Gasteiger partial charge in [-0.2, -0.15) is 5.10 Å². The number of pyridine rings is 1. The van der Waals surface area contributed by atoms with E-state index in [1.807, 2.05) is 0 Å². The van der Waals surface area contributed by atoms with E-state index in [0.717, 1.165) is 5.69 Å². The van der Waals surface area contributed by atoms with E-state index in [4.69, 9.17) is 21.1 Å². The Labute approximate surface area is 189 Å². The van der Waals surface area contributed by atoms with Crippen molar-refractivity contribution in [3.8, 4) is 11.6 Å². The van der Waals surface area contributed by atoms with E-state index in [9.17, 15) is 9.59 Å². The Hall–Kier alpha value is -3.59. The molecule has 2 amide bonds. The first-order valence-electron chi connectivity index (χ1n) is 9.91. The number of aromatic nitrogens is 3. The lowest BCUT2D eigenvalue weighted by atomic mass is 10.0. The molecule has 166 valence electrons. The third-order valence-electron chi connectivity index (χ3n) is 5.37. The molecule has 10 heteroatoms. The van der Waals surface area contributed by atoms with Crippen molar-refractivity contribution >= 4 is 29.1 Å². The van der Waals surface area contributed by atoms with Crippen LogP contribution < -0.4 is 19.7 Å². The van der Waals surface area contributed by atoms with Crippen LogP contribution in [-0.4, -0.2) is 47.3 Å². The Morgan fingerprint density at radius 1 is 1.19 bits per heavy atom. The van der Waals surface area contributed by atoms with E-state index in [-0.39, 0.29) is 17.9 Å². The molecule has 1 atom stereocenters. The van der Waals surface area contributed by atoms with Crippen LogP contribution >= 0.6 is 11.6 Å². The van der Waals surface area contributed by atoms with Gasteiger partial charge in [-0.25, -0.2) is 4.98 Å². The summed E-state index contributed by atoms with van der Waals surface area (Å²) in [6.45, 7) is 0.388. The maximum absolute atomic E-state index is 13.3. The summed E-state index contributed by atoms with van der Waals surface area (Å²) in [5.74, 6) is 0.138. The number of ether oxygens (including phenoxy) is 2. The molecule has 9 nitrogen and oxygen atoms in total. The summed E-state index contributed by atoms with van der Waals surface area (Å²) in [7, 11) is 4.75. The fraction of sp³-hybridized carbons (Fsp3) is 0.273. The zero-order valence-electron chi connectivity index (χ0n) is 17.8. The minimum absolute atomic E-state index is 0.247. The molecule has 4 rings (SSSR count). The van der Waals surface area contributed by atoms with Crippen molar-refractivity contribution in [2.75, 3.05) is 25.7 Å². The summed E-state index contributed by atoms with van der Waals surface area (Å²) in [6.07, 6.45) is 3.58. The molecule has 0 bridgehead atoms. The number of benzene rings is 1. The molecular formula is C22H22ClN5O4. The number of carbonyl (C=O) groups excluding carboxylic acids is 2. The number of hydrogen-bond donors (Lipinski definition) is 1. The normalized spacial score (nSPS) is 15.1. The van der Waals surface area contributed by atoms with Gasteiger partial charge in [0.1, 0.15) is 0 Å². The number of anilines is 1. The fourth-order valence-electron chi connectivity index (χ4n) is 3.80. The highest BCUT2D eigenvalue weighted by molar-refractivity contribution is 6.33. The molecule has 1 unspecified atom stereocenters. The predicted molar refractivity (Wildman–Crippen MR) is 119 cm³/mol. The Balaban J connectivity index is 1.61. The minimum Gasteiger partial charge on any atom is -0.491 e. The van der Waals surface area contributed by atoms with E-state index in [0.29, 0.717) is 46.4 Å². The summed E-state index contributed by atoms with van der Waals surface area (Å²) >= 11 is 6.17. The molecule has 3 aromatic rings.